The summed E-state index contributed by atoms with van der Waals surface area (Å²) < 4.78 is 12.2. The van der Waals surface area contributed by atoms with Gasteiger partial charge in [-0.2, -0.15) is 0 Å². The Labute approximate surface area is 147 Å². The van der Waals surface area contributed by atoms with E-state index in [0.717, 1.165) is 32.3 Å². The van der Waals surface area contributed by atoms with Gasteiger partial charge in [-0.15, -0.1) is 23.1 Å². The molecule has 0 aromatic carbocycles. The van der Waals surface area contributed by atoms with E-state index in [-0.39, 0.29) is 0 Å². The summed E-state index contributed by atoms with van der Waals surface area (Å²) in [5.41, 5.74) is 0. The molecule has 128 valence electrons. The Morgan fingerprint density at radius 3 is 2.87 bits per heavy atom. The van der Waals surface area contributed by atoms with Crippen LogP contribution in [-0.4, -0.2) is 54.4 Å². The maximum atomic E-state index is 6.24. The van der Waals surface area contributed by atoms with E-state index in [1.54, 1.807) is 0 Å². The number of rotatable bonds is 5. The quantitative estimate of drug-likeness (QED) is 0.807. The van der Waals surface area contributed by atoms with Gasteiger partial charge in [0.05, 0.1) is 6.10 Å². The molecule has 1 aromatic rings. The molecule has 0 aliphatic carbocycles. The monoisotopic (exact) mass is 353 g/mol. The predicted octanol–water partition coefficient (Wildman–Crippen LogP) is 3.56. The van der Waals surface area contributed by atoms with Crippen LogP contribution in [0.4, 0.5) is 0 Å². The zero-order valence-corrected chi connectivity index (χ0v) is 15.6. The van der Waals surface area contributed by atoms with Gasteiger partial charge in [0.2, 0.25) is 0 Å². The van der Waals surface area contributed by atoms with Gasteiger partial charge in [0.1, 0.15) is 0 Å². The van der Waals surface area contributed by atoms with Crippen molar-refractivity contribution in [2.45, 2.75) is 43.6 Å². The molecule has 0 bridgehead atoms. The van der Waals surface area contributed by atoms with Gasteiger partial charge in [-0.05, 0) is 44.2 Å². The van der Waals surface area contributed by atoms with Crippen LogP contribution in [0.2, 0.25) is 0 Å². The molecule has 3 nitrogen and oxygen atoms in total. The first-order chi connectivity index (χ1) is 11.2. The molecule has 3 fully saturated rings. The molecule has 0 radical (unpaired) electrons. The van der Waals surface area contributed by atoms with Crippen molar-refractivity contribution in [3.63, 3.8) is 0 Å². The molecule has 3 aliphatic rings. The number of ether oxygens (including phenoxy) is 2. The molecule has 4 heterocycles. The average Bonchev–Trinajstić information content (AvgIpc) is 3.13. The number of nitrogens with zero attached hydrogens (tertiary/aromatic N) is 1. The molecule has 0 saturated carbocycles. The Bertz CT molecular complexity index is 521. The van der Waals surface area contributed by atoms with Crippen LogP contribution in [0.1, 0.15) is 29.0 Å². The molecule has 1 aromatic heterocycles. The highest BCUT2D eigenvalue weighted by Gasteiger charge is 2.49. The molecule has 3 saturated heterocycles. The zero-order valence-electron chi connectivity index (χ0n) is 14.0. The third-order valence-electron chi connectivity index (χ3n) is 5.28. The number of hydrogen-bond acceptors (Lipinski definition) is 5. The van der Waals surface area contributed by atoms with Gasteiger partial charge < -0.3 is 9.47 Å². The Balaban J connectivity index is 1.19. The van der Waals surface area contributed by atoms with E-state index in [2.05, 4.69) is 35.7 Å². The van der Waals surface area contributed by atoms with E-state index in [9.17, 15) is 0 Å². The largest absolute Gasteiger partial charge is 0.381 e. The summed E-state index contributed by atoms with van der Waals surface area (Å²) in [6.07, 6.45) is 4.09. The van der Waals surface area contributed by atoms with Crippen molar-refractivity contribution in [2.75, 3.05) is 38.7 Å². The highest BCUT2D eigenvalue weighted by atomic mass is 32.2. The van der Waals surface area contributed by atoms with Gasteiger partial charge in [0.25, 0.3) is 0 Å². The highest BCUT2D eigenvalue weighted by molar-refractivity contribution is 8.01. The van der Waals surface area contributed by atoms with Crippen LogP contribution in [0.25, 0.3) is 0 Å². The fourth-order valence-corrected chi connectivity index (χ4v) is 6.52. The lowest BCUT2D eigenvalue weighted by molar-refractivity contribution is -0.0132. The standard InChI is InChI=1S/C18H27NO2S2/c1-14-2-3-17(23-14)9-19-12-18(13-19)8-16(11-22-18)21-10-15-4-6-20-7-5-15/h2-3,15-16H,4-13H2,1H3/t16-/m0/s1. The van der Waals surface area contributed by atoms with E-state index in [0.29, 0.717) is 10.9 Å². The third-order valence-corrected chi connectivity index (χ3v) is 7.84. The van der Waals surface area contributed by atoms with Crippen molar-refractivity contribution in [3.8, 4) is 0 Å². The van der Waals surface area contributed by atoms with Crippen molar-refractivity contribution >= 4 is 23.1 Å². The van der Waals surface area contributed by atoms with E-state index in [1.165, 1.54) is 47.9 Å². The van der Waals surface area contributed by atoms with Crippen LogP contribution < -0.4 is 0 Å². The van der Waals surface area contributed by atoms with Gasteiger partial charge >= 0.3 is 0 Å². The smallest absolute Gasteiger partial charge is 0.0680 e. The maximum absolute atomic E-state index is 6.24. The molecule has 23 heavy (non-hydrogen) atoms. The summed E-state index contributed by atoms with van der Waals surface area (Å²) >= 11 is 4.10. The van der Waals surface area contributed by atoms with E-state index >= 15 is 0 Å². The number of hydrogen-bond donors (Lipinski definition) is 0. The topological polar surface area (TPSA) is 21.7 Å². The van der Waals surface area contributed by atoms with Crippen molar-refractivity contribution in [3.05, 3.63) is 21.9 Å². The van der Waals surface area contributed by atoms with Gasteiger partial charge in [-0.25, -0.2) is 0 Å². The first-order valence-electron chi connectivity index (χ1n) is 8.82. The minimum absolute atomic E-state index is 0.481. The number of aryl methyl sites for hydroxylation is 1. The van der Waals surface area contributed by atoms with Gasteiger partial charge in [-0.1, -0.05) is 0 Å². The fraction of sp³-hybridized carbons (Fsp3) is 0.778. The Morgan fingerprint density at radius 1 is 1.30 bits per heavy atom. The van der Waals surface area contributed by atoms with Crippen molar-refractivity contribution in [1.82, 2.24) is 4.90 Å². The molecular formula is C18H27NO2S2. The molecular weight excluding hydrogens is 326 g/mol. The first-order valence-corrected chi connectivity index (χ1v) is 10.6. The minimum Gasteiger partial charge on any atom is -0.381 e. The molecule has 1 spiro atoms. The molecule has 5 heteroatoms. The normalized spacial score (nSPS) is 28.3. The summed E-state index contributed by atoms with van der Waals surface area (Å²) in [6, 6.07) is 4.52. The van der Waals surface area contributed by atoms with Crippen molar-refractivity contribution < 1.29 is 9.47 Å². The number of likely N-dealkylation sites (tertiary alicyclic amines) is 1. The number of thiophene rings is 1. The third kappa shape index (κ3) is 3.96. The summed E-state index contributed by atoms with van der Waals surface area (Å²) in [4.78, 5) is 5.53. The minimum atomic E-state index is 0.481. The average molecular weight is 354 g/mol. The second kappa shape index (κ2) is 7.04. The Kier molecular flexibility index (Phi) is 5.02. The summed E-state index contributed by atoms with van der Waals surface area (Å²) in [5, 5.41) is 0. The second-order valence-electron chi connectivity index (χ2n) is 7.37. The maximum Gasteiger partial charge on any atom is 0.0680 e. The number of thioether (sulfide) groups is 1. The van der Waals surface area contributed by atoms with E-state index in [1.807, 2.05) is 11.3 Å². The van der Waals surface area contributed by atoms with Crippen LogP contribution in [0, 0.1) is 12.8 Å². The summed E-state index contributed by atoms with van der Waals surface area (Å²) in [5.74, 6) is 1.92. The molecule has 0 amide bonds. The lowest BCUT2D eigenvalue weighted by atomic mass is 9.93. The Morgan fingerprint density at radius 2 is 2.13 bits per heavy atom. The highest BCUT2D eigenvalue weighted by Crippen LogP contribution is 2.46. The molecule has 4 rings (SSSR count). The van der Waals surface area contributed by atoms with Crippen molar-refractivity contribution in [2.24, 2.45) is 5.92 Å². The van der Waals surface area contributed by atoms with Crippen LogP contribution in [0.5, 0.6) is 0 Å². The SMILES string of the molecule is Cc1ccc(CN2CC3(C[C@H](OCC4CCOCC4)CS3)C2)s1. The van der Waals surface area contributed by atoms with Crippen LogP contribution in [0.15, 0.2) is 12.1 Å². The lowest BCUT2D eigenvalue weighted by Gasteiger charge is -2.47. The van der Waals surface area contributed by atoms with Crippen LogP contribution >= 0.6 is 23.1 Å². The molecule has 1 atom stereocenters. The summed E-state index contributed by atoms with van der Waals surface area (Å²) in [6.45, 7) is 8.61. The predicted molar refractivity (Wildman–Crippen MR) is 97.4 cm³/mol. The van der Waals surface area contributed by atoms with Crippen LogP contribution in [-0.2, 0) is 16.0 Å². The van der Waals surface area contributed by atoms with E-state index < -0.39 is 0 Å². The van der Waals surface area contributed by atoms with Gasteiger partial charge in [0, 0.05) is 59.7 Å². The van der Waals surface area contributed by atoms with Crippen LogP contribution in [0.3, 0.4) is 0 Å². The zero-order chi connectivity index (χ0) is 15.7. The second-order valence-corrected chi connectivity index (χ2v) is 10.2. The molecule has 3 aliphatic heterocycles. The molecule has 0 N–H and O–H groups in total. The molecule has 0 unspecified atom stereocenters. The van der Waals surface area contributed by atoms with Gasteiger partial charge in [0.15, 0.2) is 0 Å². The van der Waals surface area contributed by atoms with E-state index in [4.69, 9.17) is 9.47 Å². The Hall–Kier alpha value is -0.0700. The summed E-state index contributed by atoms with van der Waals surface area (Å²) in [7, 11) is 0. The van der Waals surface area contributed by atoms with Gasteiger partial charge in [-0.3, -0.25) is 4.90 Å². The fourth-order valence-electron chi connectivity index (χ4n) is 3.99. The lowest BCUT2D eigenvalue weighted by Crippen LogP contribution is -2.58. The van der Waals surface area contributed by atoms with Crippen molar-refractivity contribution in [1.29, 1.82) is 0 Å². The first kappa shape index (κ1) is 16.4.